The topological polar surface area (TPSA) is 75.4 Å². The Kier molecular flexibility index (Phi) is 4.57. The van der Waals surface area contributed by atoms with Crippen molar-refractivity contribution in [2.75, 3.05) is 0 Å². The van der Waals surface area contributed by atoms with Crippen LogP contribution in [0.3, 0.4) is 0 Å². The maximum absolute atomic E-state index is 12.1. The molecule has 5 nitrogen and oxygen atoms in total. The van der Waals surface area contributed by atoms with E-state index >= 15 is 0 Å². The molecular weight excluding hydrogens is 276 g/mol. The van der Waals surface area contributed by atoms with Gasteiger partial charge in [-0.15, -0.1) is 11.3 Å². The van der Waals surface area contributed by atoms with E-state index in [0.29, 0.717) is 5.76 Å². The molecule has 0 aliphatic rings. The fraction of sp³-hybridized carbons (Fsp3) is 0.429. The lowest BCUT2D eigenvalue weighted by Gasteiger charge is -2.13. The summed E-state index contributed by atoms with van der Waals surface area (Å²) in [5, 5.41) is 12.8. The fourth-order valence-electron chi connectivity index (χ4n) is 1.80. The first-order valence-corrected chi connectivity index (χ1v) is 7.31. The summed E-state index contributed by atoms with van der Waals surface area (Å²) in [5.74, 6) is 0.295. The maximum atomic E-state index is 12.1. The van der Waals surface area contributed by atoms with Gasteiger partial charge in [-0.05, 0) is 32.4 Å². The van der Waals surface area contributed by atoms with Crippen molar-refractivity contribution in [1.82, 2.24) is 10.3 Å². The summed E-state index contributed by atoms with van der Waals surface area (Å²) < 4.78 is 5.23. The summed E-state index contributed by atoms with van der Waals surface area (Å²) in [6, 6.07) is 3.03. The third-order valence-corrected chi connectivity index (χ3v) is 4.28. The number of nitrogens with one attached hydrogen (secondary N) is 1. The number of aliphatic hydroxyl groups excluding tert-OH is 1. The Hall–Kier alpha value is -1.66. The summed E-state index contributed by atoms with van der Waals surface area (Å²) in [7, 11) is 0. The molecule has 0 aliphatic heterocycles. The molecule has 0 fully saturated rings. The minimum absolute atomic E-state index is 0.123. The van der Waals surface area contributed by atoms with Gasteiger partial charge in [-0.3, -0.25) is 4.79 Å². The number of hydrogen-bond donors (Lipinski definition) is 2. The summed E-state index contributed by atoms with van der Waals surface area (Å²) in [6.45, 7) is 5.77. The molecule has 2 N–H and O–H groups in total. The number of hydrogen-bond acceptors (Lipinski definition) is 5. The zero-order chi connectivity index (χ0) is 14.7. The van der Waals surface area contributed by atoms with Crippen molar-refractivity contribution >= 4 is 17.2 Å². The Morgan fingerprint density at radius 3 is 2.75 bits per heavy atom. The molecule has 0 saturated carbocycles. The van der Waals surface area contributed by atoms with Gasteiger partial charge in [0.1, 0.15) is 17.4 Å². The number of carbonyl (C=O) groups is 1. The highest BCUT2D eigenvalue weighted by Crippen LogP contribution is 2.25. The number of amides is 1. The molecule has 1 unspecified atom stereocenters. The molecule has 2 aromatic rings. The Bertz CT molecular complexity index is 584. The van der Waals surface area contributed by atoms with Gasteiger partial charge in [0.2, 0.25) is 0 Å². The summed E-state index contributed by atoms with van der Waals surface area (Å²) in [5.41, 5.74) is 0.998. The van der Waals surface area contributed by atoms with Gasteiger partial charge in [-0.25, -0.2) is 4.98 Å². The average Bonchev–Trinajstić information content (AvgIpc) is 3.03. The highest BCUT2D eigenvalue weighted by Gasteiger charge is 2.20. The van der Waals surface area contributed by atoms with Crippen molar-refractivity contribution in [1.29, 1.82) is 0 Å². The lowest BCUT2D eigenvalue weighted by atomic mass is 10.2. The van der Waals surface area contributed by atoms with E-state index in [4.69, 9.17) is 9.52 Å². The molecule has 0 bridgehead atoms. The molecule has 1 atom stereocenters. The molecule has 108 valence electrons. The van der Waals surface area contributed by atoms with Crippen molar-refractivity contribution in [2.45, 2.75) is 39.8 Å². The number of rotatable bonds is 5. The van der Waals surface area contributed by atoms with E-state index in [1.807, 2.05) is 20.8 Å². The molecule has 0 aliphatic carbocycles. The molecule has 0 spiro atoms. The van der Waals surface area contributed by atoms with Crippen LogP contribution in [0.4, 0.5) is 0 Å². The van der Waals surface area contributed by atoms with Crippen LogP contribution in [0.25, 0.3) is 0 Å². The van der Waals surface area contributed by atoms with Gasteiger partial charge >= 0.3 is 0 Å². The predicted molar refractivity (Wildman–Crippen MR) is 76.7 cm³/mol. The number of furan rings is 1. The minimum Gasteiger partial charge on any atom is -0.453 e. The molecule has 0 aromatic carbocycles. The van der Waals surface area contributed by atoms with Crippen LogP contribution in [0.5, 0.6) is 0 Å². The van der Waals surface area contributed by atoms with E-state index in [9.17, 15) is 4.79 Å². The molecule has 0 saturated heterocycles. The van der Waals surface area contributed by atoms with Crippen LogP contribution in [-0.4, -0.2) is 16.0 Å². The Morgan fingerprint density at radius 2 is 2.25 bits per heavy atom. The van der Waals surface area contributed by atoms with Gasteiger partial charge in [0.25, 0.3) is 5.91 Å². The second kappa shape index (κ2) is 6.19. The van der Waals surface area contributed by atoms with E-state index in [1.54, 1.807) is 23.5 Å². The van der Waals surface area contributed by atoms with Crippen LogP contribution in [-0.2, 0) is 6.61 Å². The van der Waals surface area contributed by atoms with E-state index < -0.39 is 0 Å². The predicted octanol–water partition coefficient (Wildman–Crippen LogP) is 2.73. The largest absolute Gasteiger partial charge is 0.453 e. The molecule has 20 heavy (non-hydrogen) atoms. The Morgan fingerprint density at radius 1 is 1.50 bits per heavy atom. The summed E-state index contributed by atoms with van der Waals surface area (Å²) in [4.78, 5) is 17.7. The van der Waals surface area contributed by atoms with Crippen LogP contribution in [0.15, 0.2) is 16.5 Å². The smallest absolute Gasteiger partial charge is 0.287 e. The lowest BCUT2D eigenvalue weighted by Crippen LogP contribution is -2.27. The van der Waals surface area contributed by atoms with Crippen molar-refractivity contribution in [3.05, 3.63) is 39.2 Å². The zero-order valence-electron chi connectivity index (χ0n) is 11.8. The molecule has 6 heteroatoms. The number of nitrogens with zero attached hydrogens (tertiary/aromatic N) is 1. The van der Waals surface area contributed by atoms with Gasteiger partial charge in [-0.2, -0.15) is 0 Å². The second-order valence-corrected chi connectivity index (χ2v) is 5.79. The Balaban J connectivity index is 2.11. The van der Waals surface area contributed by atoms with Crippen molar-refractivity contribution in [2.24, 2.45) is 0 Å². The standard InChI is InChI=1S/C14H18N2O3S/c1-4-11(14-15-8(2)9(3)20-14)16-13(18)12-6-5-10(7-17)19-12/h5-6,11,17H,4,7H2,1-3H3,(H,16,18). The van der Waals surface area contributed by atoms with Crippen LogP contribution >= 0.6 is 11.3 Å². The number of aliphatic hydroxyl groups is 1. The third kappa shape index (κ3) is 3.08. The molecule has 1 amide bonds. The van der Waals surface area contributed by atoms with Crippen LogP contribution in [0, 0.1) is 13.8 Å². The molecule has 2 rings (SSSR count). The first kappa shape index (κ1) is 14.7. The fourth-order valence-corrected chi connectivity index (χ4v) is 2.86. The number of aromatic nitrogens is 1. The maximum Gasteiger partial charge on any atom is 0.287 e. The van der Waals surface area contributed by atoms with Crippen molar-refractivity contribution in [3.63, 3.8) is 0 Å². The van der Waals surface area contributed by atoms with E-state index in [2.05, 4.69) is 10.3 Å². The van der Waals surface area contributed by atoms with Crippen LogP contribution in [0.1, 0.15) is 51.3 Å². The second-order valence-electron chi connectivity index (χ2n) is 4.55. The summed E-state index contributed by atoms with van der Waals surface area (Å²) >= 11 is 1.60. The SMILES string of the molecule is CCC(NC(=O)c1ccc(CO)o1)c1nc(C)c(C)s1. The average molecular weight is 294 g/mol. The third-order valence-electron chi connectivity index (χ3n) is 3.10. The molecule has 2 aromatic heterocycles. The van der Waals surface area contributed by atoms with Gasteiger partial charge in [0.05, 0.1) is 11.7 Å². The Labute approximate surface area is 121 Å². The summed E-state index contributed by atoms with van der Waals surface area (Å²) in [6.07, 6.45) is 0.756. The highest BCUT2D eigenvalue weighted by molar-refractivity contribution is 7.11. The van der Waals surface area contributed by atoms with Gasteiger partial charge in [0.15, 0.2) is 5.76 Å². The molecular formula is C14H18N2O3S. The van der Waals surface area contributed by atoms with E-state index in [1.165, 1.54) is 0 Å². The first-order chi connectivity index (χ1) is 9.55. The number of aryl methyl sites for hydroxylation is 2. The van der Waals surface area contributed by atoms with Crippen molar-refractivity contribution < 1.29 is 14.3 Å². The zero-order valence-corrected chi connectivity index (χ0v) is 12.6. The van der Waals surface area contributed by atoms with Crippen molar-refractivity contribution in [3.8, 4) is 0 Å². The monoisotopic (exact) mass is 294 g/mol. The number of thiazole rings is 1. The number of carbonyl (C=O) groups excluding carboxylic acids is 1. The quantitative estimate of drug-likeness (QED) is 0.889. The molecule has 2 heterocycles. The van der Waals surface area contributed by atoms with Crippen LogP contribution < -0.4 is 5.32 Å². The van der Waals surface area contributed by atoms with Gasteiger partial charge < -0.3 is 14.8 Å². The molecule has 0 radical (unpaired) electrons. The van der Waals surface area contributed by atoms with E-state index in [0.717, 1.165) is 22.0 Å². The lowest BCUT2D eigenvalue weighted by molar-refractivity contribution is 0.0902. The minimum atomic E-state index is -0.290. The highest BCUT2D eigenvalue weighted by atomic mass is 32.1. The first-order valence-electron chi connectivity index (χ1n) is 6.49. The van der Waals surface area contributed by atoms with Crippen LogP contribution in [0.2, 0.25) is 0 Å². The van der Waals surface area contributed by atoms with Gasteiger partial charge in [0, 0.05) is 4.88 Å². The van der Waals surface area contributed by atoms with Gasteiger partial charge in [-0.1, -0.05) is 6.92 Å². The van der Waals surface area contributed by atoms with E-state index in [-0.39, 0.29) is 24.3 Å². The normalized spacial score (nSPS) is 12.4.